The first-order valence-electron chi connectivity index (χ1n) is 8.04. The normalized spacial score (nSPS) is 11.2. The first-order valence-corrected chi connectivity index (χ1v) is 8.04. The number of hydrogen-bond donors (Lipinski definition) is 0. The number of fused-ring (bicyclic) bond motifs is 1. The van der Waals surface area contributed by atoms with E-state index in [1.165, 1.54) is 0 Å². The lowest BCUT2D eigenvalue weighted by Gasteiger charge is -2.07. The predicted octanol–water partition coefficient (Wildman–Crippen LogP) is 3.87. The third-order valence-corrected chi connectivity index (χ3v) is 4.31. The van der Waals surface area contributed by atoms with Crippen LogP contribution in [-0.2, 0) is 7.05 Å². The average Bonchev–Trinajstić information content (AvgIpc) is 3.08. The first-order chi connectivity index (χ1) is 12.0. The summed E-state index contributed by atoms with van der Waals surface area (Å²) in [5.74, 6) is 0.709. The lowest BCUT2D eigenvalue weighted by atomic mass is 10.1. The average molecular weight is 331 g/mol. The molecule has 124 valence electrons. The molecule has 0 unspecified atom stereocenters. The zero-order chi connectivity index (χ0) is 17.6. The van der Waals surface area contributed by atoms with Crippen molar-refractivity contribution in [3.8, 4) is 22.8 Å². The number of hydrogen-bond acceptors (Lipinski definition) is 4. The van der Waals surface area contributed by atoms with Crippen molar-refractivity contribution in [1.82, 2.24) is 14.7 Å². The Bertz CT molecular complexity index is 1140. The van der Waals surface area contributed by atoms with Crippen LogP contribution in [0.2, 0.25) is 0 Å². The second kappa shape index (κ2) is 5.70. The smallest absolute Gasteiger partial charge is 0.263 e. The number of nitrogens with zero attached hydrogens (tertiary/aromatic N) is 3. The van der Waals surface area contributed by atoms with E-state index in [2.05, 4.69) is 10.1 Å². The van der Waals surface area contributed by atoms with Crippen LogP contribution in [0.4, 0.5) is 0 Å². The van der Waals surface area contributed by atoms with Crippen molar-refractivity contribution < 1.29 is 4.52 Å². The highest BCUT2D eigenvalue weighted by Crippen LogP contribution is 2.22. The molecule has 2 aromatic carbocycles. The Morgan fingerprint density at radius 1 is 1.00 bits per heavy atom. The molecule has 0 N–H and O–H groups in total. The highest BCUT2D eigenvalue weighted by molar-refractivity contribution is 5.83. The molecule has 0 amide bonds. The number of aryl methyl sites for hydroxylation is 3. The van der Waals surface area contributed by atoms with E-state index in [-0.39, 0.29) is 11.3 Å². The first kappa shape index (κ1) is 15.3. The number of pyridine rings is 1. The molecule has 25 heavy (non-hydrogen) atoms. The third-order valence-electron chi connectivity index (χ3n) is 4.31. The van der Waals surface area contributed by atoms with Gasteiger partial charge in [-0.05, 0) is 26.0 Å². The Morgan fingerprint density at radius 3 is 2.48 bits per heavy atom. The lowest BCUT2D eigenvalue weighted by Crippen LogP contribution is -2.10. The fourth-order valence-corrected chi connectivity index (χ4v) is 2.91. The molecule has 0 radical (unpaired) electrons. The van der Waals surface area contributed by atoms with Crippen molar-refractivity contribution >= 4 is 10.9 Å². The van der Waals surface area contributed by atoms with E-state index in [4.69, 9.17) is 4.52 Å². The summed E-state index contributed by atoms with van der Waals surface area (Å²) in [6.45, 7) is 3.99. The standard InChI is InChI=1S/C20H17N3O2/c1-12-4-7-14(8-5-12)19-21-20(25-22-19)16-11-23(3)17-9-6-13(2)10-15(17)18(16)24/h4-11H,1-3H3. The fraction of sp³-hybridized carbons (Fsp3) is 0.150. The largest absolute Gasteiger partial charge is 0.350 e. The maximum absolute atomic E-state index is 12.9. The molecule has 0 spiro atoms. The highest BCUT2D eigenvalue weighted by atomic mass is 16.5. The summed E-state index contributed by atoms with van der Waals surface area (Å²) in [5, 5.41) is 4.67. The molecule has 4 aromatic rings. The molecule has 5 nitrogen and oxygen atoms in total. The van der Waals surface area contributed by atoms with Gasteiger partial charge in [0.25, 0.3) is 5.89 Å². The van der Waals surface area contributed by atoms with Crippen LogP contribution < -0.4 is 5.43 Å². The SMILES string of the molecule is Cc1ccc(-c2noc(-c3cn(C)c4ccc(C)cc4c3=O)n2)cc1. The van der Waals surface area contributed by atoms with Crippen LogP contribution in [0.5, 0.6) is 0 Å². The van der Waals surface area contributed by atoms with E-state index in [1.807, 2.05) is 67.9 Å². The van der Waals surface area contributed by atoms with Gasteiger partial charge in [0.2, 0.25) is 11.3 Å². The summed E-state index contributed by atoms with van der Waals surface area (Å²) in [5.41, 5.74) is 4.23. The molecule has 2 heterocycles. The molecule has 5 heteroatoms. The summed E-state index contributed by atoms with van der Waals surface area (Å²) in [6, 6.07) is 13.7. The second-order valence-corrected chi connectivity index (χ2v) is 6.29. The van der Waals surface area contributed by atoms with Crippen LogP contribution in [-0.4, -0.2) is 14.7 Å². The van der Waals surface area contributed by atoms with E-state index in [0.717, 1.165) is 22.2 Å². The minimum Gasteiger partial charge on any atom is -0.350 e. The Balaban J connectivity index is 1.87. The van der Waals surface area contributed by atoms with Gasteiger partial charge in [0.05, 0.1) is 5.52 Å². The van der Waals surface area contributed by atoms with Gasteiger partial charge in [0.1, 0.15) is 5.56 Å². The van der Waals surface area contributed by atoms with Crippen molar-refractivity contribution in [3.05, 3.63) is 70.0 Å². The van der Waals surface area contributed by atoms with E-state index in [0.29, 0.717) is 16.8 Å². The molecule has 0 saturated heterocycles. The molecular formula is C20H17N3O2. The number of rotatable bonds is 2. The van der Waals surface area contributed by atoms with Gasteiger partial charge in [-0.25, -0.2) is 0 Å². The maximum atomic E-state index is 12.9. The van der Waals surface area contributed by atoms with Crippen molar-refractivity contribution in [2.24, 2.45) is 7.05 Å². The molecular weight excluding hydrogens is 314 g/mol. The number of aromatic nitrogens is 3. The van der Waals surface area contributed by atoms with Crippen LogP contribution >= 0.6 is 0 Å². The fourth-order valence-electron chi connectivity index (χ4n) is 2.91. The predicted molar refractivity (Wildman–Crippen MR) is 97.4 cm³/mol. The molecule has 0 aliphatic rings. The molecule has 0 aliphatic heterocycles. The summed E-state index contributed by atoms with van der Waals surface area (Å²) in [7, 11) is 1.90. The second-order valence-electron chi connectivity index (χ2n) is 6.29. The van der Waals surface area contributed by atoms with Gasteiger partial charge in [0, 0.05) is 24.2 Å². The summed E-state index contributed by atoms with van der Waals surface area (Å²) in [6.07, 6.45) is 1.74. The molecule has 0 atom stereocenters. The van der Waals surface area contributed by atoms with Gasteiger partial charge in [-0.2, -0.15) is 4.98 Å². The van der Waals surface area contributed by atoms with Crippen molar-refractivity contribution in [2.45, 2.75) is 13.8 Å². The van der Waals surface area contributed by atoms with Crippen LogP contribution in [0.1, 0.15) is 11.1 Å². The van der Waals surface area contributed by atoms with Gasteiger partial charge >= 0.3 is 0 Å². The van der Waals surface area contributed by atoms with Crippen LogP contribution in [0.15, 0.2) is 58.0 Å². The summed E-state index contributed by atoms with van der Waals surface area (Å²) >= 11 is 0. The van der Waals surface area contributed by atoms with E-state index in [1.54, 1.807) is 6.20 Å². The quantitative estimate of drug-likeness (QED) is 0.559. The topological polar surface area (TPSA) is 60.9 Å². The van der Waals surface area contributed by atoms with Crippen molar-refractivity contribution in [3.63, 3.8) is 0 Å². The van der Waals surface area contributed by atoms with Crippen molar-refractivity contribution in [1.29, 1.82) is 0 Å². The minimum absolute atomic E-state index is 0.101. The maximum Gasteiger partial charge on any atom is 0.263 e. The Morgan fingerprint density at radius 2 is 1.72 bits per heavy atom. The van der Waals surface area contributed by atoms with Crippen molar-refractivity contribution in [2.75, 3.05) is 0 Å². The third kappa shape index (κ3) is 2.63. The van der Waals surface area contributed by atoms with Gasteiger partial charge in [-0.15, -0.1) is 0 Å². The monoisotopic (exact) mass is 331 g/mol. The van der Waals surface area contributed by atoms with Gasteiger partial charge < -0.3 is 9.09 Å². The van der Waals surface area contributed by atoms with Gasteiger partial charge in [-0.1, -0.05) is 46.6 Å². The molecule has 2 aromatic heterocycles. The summed E-state index contributed by atoms with van der Waals surface area (Å²) in [4.78, 5) is 17.3. The highest BCUT2D eigenvalue weighted by Gasteiger charge is 2.16. The Hall–Kier alpha value is -3.21. The summed E-state index contributed by atoms with van der Waals surface area (Å²) < 4.78 is 7.28. The molecule has 0 saturated carbocycles. The van der Waals surface area contributed by atoms with E-state index >= 15 is 0 Å². The zero-order valence-corrected chi connectivity index (χ0v) is 14.3. The van der Waals surface area contributed by atoms with E-state index < -0.39 is 0 Å². The Kier molecular flexibility index (Phi) is 3.50. The lowest BCUT2D eigenvalue weighted by molar-refractivity contribution is 0.432. The Labute approximate surface area is 144 Å². The molecule has 4 rings (SSSR count). The molecule has 0 bridgehead atoms. The molecule has 0 fully saturated rings. The number of benzene rings is 2. The minimum atomic E-state index is -0.101. The van der Waals surface area contributed by atoms with Crippen LogP contribution in [0.3, 0.4) is 0 Å². The van der Waals surface area contributed by atoms with Gasteiger partial charge in [0.15, 0.2) is 0 Å². The molecule has 0 aliphatic carbocycles. The van der Waals surface area contributed by atoms with Crippen LogP contribution in [0, 0.1) is 13.8 Å². The zero-order valence-electron chi connectivity index (χ0n) is 14.3. The van der Waals surface area contributed by atoms with Gasteiger partial charge in [-0.3, -0.25) is 4.79 Å². The van der Waals surface area contributed by atoms with Crippen LogP contribution in [0.25, 0.3) is 33.7 Å². The van der Waals surface area contributed by atoms with E-state index in [9.17, 15) is 4.79 Å².